The Morgan fingerprint density at radius 1 is 1.37 bits per heavy atom. The maximum atomic E-state index is 11.2. The van der Waals surface area contributed by atoms with E-state index in [9.17, 15) is 4.79 Å². The highest BCUT2D eigenvalue weighted by Crippen LogP contribution is 2.11. The van der Waals surface area contributed by atoms with Crippen LogP contribution in [0.3, 0.4) is 0 Å². The van der Waals surface area contributed by atoms with Crippen LogP contribution in [0.5, 0.6) is 0 Å². The van der Waals surface area contributed by atoms with E-state index >= 15 is 0 Å². The van der Waals surface area contributed by atoms with Gasteiger partial charge < -0.3 is 15.3 Å². The van der Waals surface area contributed by atoms with E-state index in [0.717, 1.165) is 12.8 Å². The van der Waals surface area contributed by atoms with Gasteiger partial charge in [-0.15, -0.1) is 0 Å². The smallest absolute Gasteiger partial charge is 0.326 e. The maximum absolute atomic E-state index is 11.2. The van der Waals surface area contributed by atoms with E-state index in [1.165, 1.54) is 0 Å². The summed E-state index contributed by atoms with van der Waals surface area (Å²) in [6.45, 7) is 3.78. The van der Waals surface area contributed by atoms with E-state index in [4.69, 9.17) is 5.11 Å². The van der Waals surface area contributed by atoms with Gasteiger partial charge in [0.05, 0.1) is 0 Å². The molecular weight excluding hydrogens is 246 g/mol. The van der Waals surface area contributed by atoms with Gasteiger partial charge in [-0.25, -0.2) is 4.79 Å². The molecule has 7 nitrogen and oxygen atoms in total. The molecule has 2 N–H and O–H groups in total. The lowest BCUT2D eigenvalue weighted by atomic mass is 10.1. The Balaban J connectivity index is 2.86. The van der Waals surface area contributed by atoms with Crippen molar-refractivity contribution in [3.63, 3.8) is 0 Å². The zero-order valence-corrected chi connectivity index (χ0v) is 11.8. The first kappa shape index (κ1) is 15.1. The topological polar surface area (TPSA) is 91.2 Å². The number of unbranched alkanes of at least 4 members (excludes halogenated alkanes) is 1. The van der Waals surface area contributed by atoms with E-state index in [1.807, 2.05) is 21.0 Å². The molecule has 0 bridgehead atoms. The lowest BCUT2D eigenvalue weighted by molar-refractivity contribution is -0.138. The van der Waals surface area contributed by atoms with Gasteiger partial charge in [-0.2, -0.15) is 15.0 Å². The van der Waals surface area contributed by atoms with Gasteiger partial charge in [0.25, 0.3) is 0 Å². The summed E-state index contributed by atoms with van der Waals surface area (Å²) in [6.07, 6.45) is 2.34. The molecule has 0 aliphatic rings. The fourth-order valence-electron chi connectivity index (χ4n) is 1.55. The van der Waals surface area contributed by atoms with Crippen molar-refractivity contribution in [1.82, 2.24) is 15.0 Å². The summed E-state index contributed by atoms with van der Waals surface area (Å²) in [7, 11) is 3.65. The van der Waals surface area contributed by atoms with Crippen molar-refractivity contribution in [2.24, 2.45) is 0 Å². The third kappa shape index (κ3) is 4.69. The molecule has 0 aliphatic heterocycles. The zero-order chi connectivity index (χ0) is 14.4. The number of carboxylic acid groups (broad SMARTS) is 1. The highest BCUT2D eigenvalue weighted by Gasteiger charge is 2.18. The summed E-state index contributed by atoms with van der Waals surface area (Å²) in [5, 5.41) is 12.0. The molecule has 1 atom stereocenters. The van der Waals surface area contributed by atoms with Crippen molar-refractivity contribution in [3.05, 3.63) is 5.82 Å². The third-order valence-electron chi connectivity index (χ3n) is 2.58. The number of aromatic nitrogens is 3. The fraction of sp³-hybridized carbons (Fsp3) is 0.667. The molecule has 0 amide bonds. The minimum absolute atomic E-state index is 0.305. The maximum Gasteiger partial charge on any atom is 0.326 e. The first-order valence-corrected chi connectivity index (χ1v) is 6.33. The molecule has 1 aromatic rings. The van der Waals surface area contributed by atoms with Crippen LogP contribution in [0.1, 0.15) is 32.0 Å². The molecule has 1 rings (SSSR count). The van der Waals surface area contributed by atoms with Crippen LogP contribution in [0, 0.1) is 6.92 Å². The predicted octanol–water partition coefficient (Wildman–Crippen LogP) is 1.30. The van der Waals surface area contributed by atoms with Crippen molar-refractivity contribution >= 4 is 17.9 Å². The average Bonchev–Trinajstić information content (AvgIpc) is 2.33. The van der Waals surface area contributed by atoms with Gasteiger partial charge in [0.1, 0.15) is 11.9 Å². The van der Waals surface area contributed by atoms with Crippen molar-refractivity contribution in [3.8, 4) is 0 Å². The van der Waals surface area contributed by atoms with Crippen molar-refractivity contribution in [1.29, 1.82) is 0 Å². The van der Waals surface area contributed by atoms with E-state index in [2.05, 4.69) is 20.3 Å². The highest BCUT2D eigenvalue weighted by atomic mass is 16.4. The van der Waals surface area contributed by atoms with Crippen LogP contribution >= 0.6 is 0 Å². The lowest BCUT2D eigenvalue weighted by Gasteiger charge is -2.16. The summed E-state index contributed by atoms with van der Waals surface area (Å²) in [5.41, 5.74) is 0. The number of aliphatic carboxylic acids is 1. The molecule has 0 saturated carbocycles. The van der Waals surface area contributed by atoms with E-state index in [0.29, 0.717) is 24.1 Å². The Kier molecular flexibility index (Phi) is 5.47. The quantitative estimate of drug-likeness (QED) is 0.769. The summed E-state index contributed by atoms with van der Waals surface area (Å²) < 4.78 is 0. The molecule has 0 radical (unpaired) electrons. The van der Waals surface area contributed by atoms with Crippen LogP contribution in [0.4, 0.5) is 11.9 Å². The van der Waals surface area contributed by atoms with Crippen LogP contribution in [0.2, 0.25) is 0 Å². The van der Waals surface area contributed by atoms with E-state index in [1.54, 1.807) is 11.8 Å². The highest BCUT2D eigenvalue weighted by molar-refractivity contribution is 5.76. The van der Waals surface area contributed by atoms with Crippen LogP contribution in [-0.2, 0) is 4.79 Å². The summed E-state index contributed by atoms with van der Waals surface area (Å²) in [5.74, 6) is 0.480. The van der Waals surface area contributed by atoms with Crippen molar-refractivity contribution in [2.45, 2.75) is 39.2 Å². The SMILES string of the molecule is CCCC[C@H](Nc1nc(C)nc(N(C)C)n1)C(=O)O. The molecule has 1 heterocycles. The standard InChI is InChI=1S/C12H21N5O2/c1-5-6-7-9(10(18)19)15-11-13-8(2)14-12(16-11)17(3)4/h9H,5-7H2,1-4H3,(H,18,19)(H,13,14,15,16)/t9-/m0/s1. The molecular formula is C12H21N5O2. The second-order valence-electron chi connectivity index (χ2n) is 4.58. The second kappa shape index (κ2) is 6.86. The van der Waals surface area contributed by atoms with Crippen LogP contribution in [0.15, 0.2) is 0 Å². The van der Waals surface area contributed by atoms with Gasteiger partial charge in [-0.3, -0.25) is 0 Å². The van der Waals surface area contributed by atoms with Crippen molar-refractivity contribution < 1.29 is 9.90 Å². The largest absolute Gasteiger partial charge is 0.480 e. The van der Waals surface area contributed by atoms with Gasteiger partial charge in [-0.1, -0.05) is 19.8 Å². The Morgan fingerprint density at radius 2 is 2.05 bits per heavy atom. The van der Waals surface area contributed by atoms with E-state index in [-0.39, 0.29) is 0 Å². The number of hydrogen-bond acceptors (Lipinski definition) is 6. The second-order valence-corrected chi connectivity index (χ2v) is 4.58. The number of carbonyl (C=O) groups is 1. The molecule has 0 aromatic carbocycles. The number of nitrogens with zero attached hydrogens (tertiary/aromatic N) is 4. The Labute approximate surface area is 113 Å². The molecule has 0 unspecified atom stereocenters. The number of nitrogens with one attached hydrogen (secondary N) is 1. The first-order chi connectivity index (χ1) is 8.93. The van der Waals surface area contributed by atoms with Gasteiger partial charge in [0.2, 0.25) is 11.9 Å². The number of hydrogen-bond donors (Lipinski definition) is 2. The predicted molar refractivity (Wildman–Crippen MR) is 73.5 cm³/mol. The Bertz CT molecular complexity index is 436. The number of aryl methyl sites for hydroxylation is 1. The monoisotopic (exact) mass is 267 g/mol. The number of anilines is 2. The summed E-state index contributed by atoms with van der Waals surface area (Å²) >= 11 is 0. The average molecular weight is 267 g/mol. The molecule has 1 aromatic heterocycles. The molecule has 0 saturated heterocycles. The fourth-order valence-corrected chi connectivity index (χ4v) is 1.55. The number of carboxylic acids is 1. The van der Waals surface area contributed by atoms with Crippen LogP contribution < -0.4 is 10.2 Å². The first-order valence-electron chi connectivity index (χ1n) is 6.33. The minimum atomic E-state index is -0.891. The zero-order valence-electron chi connectivity index (χ0n) is 11.8. The third-order valence-corrected chi connectivity index (χ3v) is 2.58. The van der Waals surface area contributed by atoms with Gasteiger partial charge >= 0.3 is 5.97 Å². The molecule has 106 valence electrons. The molecule has 0 aliphatic carbocycles. The Morgan fingerprint density at radius 3 is 2.58 bits per heavy atom. The minimum Gasteiger partial charge on any atom is -0.480 e. The normalized spacial score (nSPS) is 12.0. The van der Waals surface area contributed by atoms with Crippen LogP contribution in [0.25, 0.3) is 0 Å². The summed E-state index contributed by atoms with van der Waals surface area (Å²) in [6, 6.07) is -0.670. The number of rotatable bonds is 7. The Hall–Kier alpha value is -1.92. The van der Waals surface area contributed by atoms with Gasteiger partial charge in [0, 0.05) is 14.1 Å². The molecule has 19 heavy (non-hydrogen) atoms. The lowest BCUT2D eigenvalue weighted by Crippen LogP contribution is -2.30. The van der Waals surface area contributed by atoms with Crippen molar-refractivity contribution in [2.75, 3.05) is 24.3 Å². The van der Waals surface area contributed by atoms with E-state index < -0.39 is 12.0 Å². The van der Waals surface area contributed by atoms with Crippen LogP contribution in [-0.4, -0.2) is 46.2 Å². The van der Waals surface area contributed by atoms with Gasteiger partial charge in [0.15, 0.2) is 0 Å². The molecule has 7 heteroatoms. The van der Waals surface area contributed by atoms with Gasteiger partial charge in [-0.05, 0) is 13.3 Å². The summed E-state index contributed by atoms with van der Waals surface area (Å²) in [4.78, 5) is 25.4. The molecule has 0 spiro atoms. The molecule has 0 fully saturated rings.